The zero-order valence-electron chi connectivity index (χ0n) is 11.5. The second-order valence-corrected chi connectivity index (χ2v) is 3.92. The lowest BCUT2D eigenvalue weighted by atomic mass is 10.6. The number of ether oxygens (including phenoxy) is 6. The van der Waals surface area contributed by atoms with Crippen LogP contribution in [0, 0.1) is 0 Å². The number of rotatable bonds is 13. The molecule has 1 N–H and O–H groups in total. The molecule has 8 heteroatoms. The highest BCUT2D eigenvalue weighted by Gasteiger charge is 2.15. The first kappa shape index (κ1) is 17.3. The van der Waals surface area contributed by atoms with Crippen molar-refractivity contribution in [1.29, 1.82) is 0 Å². The predicted octanol–water partition coefficient (Wildman–Crippen LogP) is -0.490. The summed E-state index contributed by atoms with van der Waals surface area (Å²) in [5.74, 6) is -0.985. The van der Waals surface area contributed by atoms with Crippen LogP contribution in [0.1, 0.15) is 0 Å². The molecule has 118 valence electrons. The molecule has 1 rings (SSSR count). The zero-order chi connectivity index (χ0) is 14.5. The summed E-state index contributed by atoms with van der Waals surface area (Å²) >= 11 is 0. The first-order chi connectivity index (χ1) is 9.79. The van der Waals surface area contributed by atoms with Crippen LogP contribution in [0.5, 0.6) is 0 Å². The fourth-order valence-corrected chi connectivity index (χ4v) is 1.40. The summed E-state index contributed by atoms with van der Waals surface area (Å²) in [6.07, 6.45) is -0.246. The van der Waals surface area contributed by atoms with E-state index in [-0.39, 0.29) is 19.5 Å². The quantitative estimate of drug-likeness (QED) is 0.455. The van der Waals surface area contributed by atoms with Crippen LogP contribution in [0.4, 0.5) is 0 Å². The Bertz CT molecular complexity index is 242. The van der Waals surface area contributed by atoms with Gasteiger partial charge in [0, 0.05) is 0 Å². The largest absolute Gasteiger partial charge is 0.480 e. The Morgan fingerprint density at radius 3 is 1.95 bits per heavy atom. The fraction of sp³-hybridized carbons (Fsp3) is 0.917. The summed E-state index contributed by atoms with van der Waals surface area (Å²) < 4.78 is 31.0. The minimum atomic E-state index is -0.985. The van der Waals surface area contributed by atoms with E-state index in [1.807, 2.05) is 0 Å². The van der Waals surface area contributed by atoms with Gasteiger partial charge in [-0.05, 0) is 0 Å². The molecule has 1 aliphatic rings. The monoisotopic (exact) mass is 294 g/mol. The maximum Gasteiger partial charge on any atom is 0.329 e. The maximum atomic E-state index is 10.1. The van der Waals surface area contributed by atoms with Crippen molar-refractivity contribution in [2.24, 2.45) is 0 Å². The first-order valence-corrected chi connectivity index (χ1v) is 6.55. The van der Waals surface area contributed by atoms with Crippen molar-refractivity contribution in [2.75, 3.05) is 66.1 Å². The number of hydrogen-bond donors (Lipinski definition) is 1. The molecule has 0 aliphatic carbocycles. The van der Waals surface area contributed by atoms with E-state index in [0.29, 0.717) is 52.9 Å². The third kappa shape index (κ3) is 10.1. The summed E-state index contributed by atoms with van der Waals surface area (Å²) in [4.78, 5) is 10.1. The van der Waals surface area contributed by atoms with Gasteiger partial charge < -0.3 is 33.5 Å². The number of carboxylic acids is 1. The molecule has 0 aromatic carbocycles. The average Bonchev–Trinajstić information content (AvgIpc) is 2.93. The van der Waals surface area contributed by atoms with Gasteiger partial charge in [-0.2, -0.15) is 0 Å². The molecule has 1 saturated heterocycles. The van der Waals surface area contributed by atoms with Crippen LogP contribution in [-0.4, -0.2) is 83.4 Å². The molecule has 1 heterocycles. The minimum Gasteiger partial charge on any atom is -0.480 e. The van der Waals surface area contributed by atoms with Gasteiger partial charge >= 0.3 is 5.97 Å². The average molecular weight is 294 g/mol. The zero-order valence-corrected chi connectivity index (χ0v) is 11.5. The Kier molecular flexibility index (Phi) is 10.4. The van der Waals surface area contributed by atoms with Crippen molar-refractivity contribution >= 4 is 5.97 Å². The van der Waals surface area contributed by atoms with Crippen LogP contribution in [0.2, 0.25) is 0 Å². The summed E-state index contributed by atoms with van der Waals surface area (Å²) in [5.41, 5.74) is 0. The summed E-state index contributed by atoms with van der Waals surface area (Å²) in [6, 6.07) is 0. The smallest absolute Gasteiger partial charge is 0.329 e. The van der Waals surface area contributed by atoms with Crippen LogP contribution in [0.3, 0.4) is 0 Å². The van der Waals surface area contributed by atoms with Gasteiger partial charge in [-0.1, -0.05) is 0 Å². The predicted molar refractivity (Wildman–Crippen MR) is 66.6 cm³/mol. The van der Waals surface area contributed by atoms with Gasteiger partial charge in [0.15, 0.2) is 6.29 Å². The van der Waals surface area contributed by atoms with E-state index < -0.39 is 5.97 Å². The summed E-state index contributed by atoms with van der Waals surface area (Å²) in [7, 11) is 0. The van der Waals surface area contributed by atoms with Crippen molar-refractivity contribution in [3.8, 4) is 0 Å². The molecule has 0 spiro atoms. The normalized spacial score (nSPS) is 15.8. The van der Waals surface area contributed by atoms with Gasteiger partial charge in [-0.3, -0.25) is 0 Å². The number of carboxylic acid groups (broad SMARTS) is 1. The Morgan fingerprint density at radius 1 is 0.900 bits per heavy atom. The Hall–Kier alpha value is -0.770. The molecule has 20 heavy (non-hydrogen) atoms. The van der Waals surface area contributed by atoms with Crippen LogP contribution in [-0.2, 0) is 33.2 Å². The van der Waals surface area contributed by atoms with E-state index in [1.54, 1.807) is 0 Å². The summed E-state index contributed by atoms with van der Waals surface area (Å²) in [5, 5.41) is 8.31. The van der Waals surface area contributed by atoms with Gasteiger partial charge in [-0.25, -0.2) is 4.79 Å². The molecule has 0 atom stereocenters. The van der Waals surface area contributed by atoms with Crippen LogP contribution in [0.25, 0.3) is 0 Å². The molecule has 0 saturated carbocycles. The molecular formula is C12H22O8. The van der Waals surface area contributed by atoms with E-state index in [0.717, 1.165) is 0 Å². The standard InChI is InChI=1S/C12H22O8/c13-11(14)9-17-5-3-15-1-2-16-4-6-18-10-12-19-7-8-20-12/h12H,1-10H2,(H,13,14). The molecule has 0 amide bonds. The first-order valence-electron chi connectivity index (χ1n) is 6.55. The van der Waals surface area contributed by atoms with Crippen LogP contribution >= 0.6 is 0 Å². The van der Waals surface area contributed by atoms with E-state index >= 15 is 0 Å². The molecule has 0 unspecified atom stereocenters. The molecule has 0 aromatic rings. The highest BCUT2D eigenvalue weighted by Crippen LogP contribution is 2.03. The molecule has 1 fully saturated rings. The van der Waals surface area contributed by atoms with Gasteiger partial charge in [0.25, 0.3) is 0 Å². The van der Waals surface area contributed by atoms with E-state index in [4.69, 9.17) is 33.5 Å². The highest BCUT2D eigenvalue weighted by atomic mass is 16.7. The van der Waals surface area contributed by atoms with Gasteiger partial charge in [-0.15, -0.1) is 0 Å². The Morgan fingerprint density at radius 2 is 1.40 bits per heavy atom. The van der Waals surface area contributed by atoms with Crippen molar-refractivity contribution in [2.45, 2.75) is 6.29 Å². The lowest BCUT2D eigenvalue weighted by molar-refractivity contribution is -0.142. The lowest BCUT2D eigenvalue weighted by Crippen LogP contribution is -2.18. The fourth-order valence-electron chi connectivity index (χ4n) is 1.40. The van der Waals surface area contributed by atoms with E-state index in [9.17, 15) is 4.79 Å². The SMILES string of the molecule is O=C(O)COCCOCCOCCOCC1OCCO1. The molecule has 0 radical (unpaired) electrons. The van der Waals surface area contributed by atoms with Crippen molar-refractivity contribution in [3.05, 3.63) is 0 Å². The van der Waals surface area contributed by atoms with Crippen molar-refractivity contribution in [1.82, 2.24) is 0 Å². The van der Waals surface area contributed by atoms with Crippen LogP contribution in [0.15, 0.2) is 0 Å². The van der Waals surface area contributed by atoms with Gasteiger partial charge in [0.05, 0.1) is 59.5 Å². The molecule has 0 bridgehead atoms. The second kappa shape index (κ2) is 12.0. The van der Waals surface area contributed by atoms with Gasteiger partial charge in [0.1, 0.15) is 6.61 Å². The minimum absolute atomic E-state index is 0.246. The van der Waals surface area contributed by atoms with Gasteiger partial charge in [0.2, 0.25) is 0 Å². The third-order valence-electron chi connectivity index (χ3n) is 2.29. The number of hydrogen-bond acceptors (Lipinski definition) is 7. The molecule has 1 aliphatic heterocycles. The Balaban J connectivity index is 1.69. The summed E-state index contributed by atoms with van der Waals surface area (Å²) in [6.45, 7) is 3.82. The van der Waals surface area contributed by atoms with Crippen molar-refractivity contribution in [3.63, 3.8) is 0 Å². The number of aliphatic carboxylic acids is 1. The molecule has 8 nitrogen and oxygen atoms in total. The van der Waals surface area contributed by atoms with E-state index in [2.05, 4.69) is 0 Å². The van der Waals surface area contributed by atoms with E-state index in [1.165, 1.54) is 0 Å². The Labute approximate surface area is 117 Å². The molecular weight excluding hydrogens is 272 g/mol. The molecule has 0 aromatic heterocycles. The lowest BCUT2D eigenvalue weighted by Gasteiger charge is -2.10. The van der Waals surface area contributed by atoms with Crippen LogP contribution < -0.4 is 0 Å². The highest BCUT2D eigenvalue weighted by molar-refractivity contribution is 5.67. The second-order valence-electron chi connectivity index (χ2n) is 3.92. The maximum absolute atomic E-state index is 10.1. The third-order valence-corrected chi connectivity index (χ3v) is 2.29. The topological polar surface area (TPSA) is 92.7 Å². The van der Waals surface area contributed by atoms with Crippen molar-refractivity contribution < 1.29 is 38.3 Å². The number of carbonyl (C=O) groups is 1.